The van der Waals surface area contributed by atoms with Gasteiger partial charge in [-0.25, -0.2) is 0 Å². The first-order valence-corrected chi connectivity index (χ1v) is 8.44. The van der Waals surface area contributed by atoms with Gasteiger partial charge in [0.05, 0.1) is 6.10 Å². The number of fused-ring (bicyclic) bond motifs is 1. The number of rotatable bonds is 5. The molecule has 6 nitrogen and oxygen atoms in total. The summed E-state index contributed by atoms with van der Waals surface area (Å²) in [5, 5.41) is 11.4. The summed E-state index contributed by atoms with van der Waals surface area (Å²) in [7, 11) is 3.86. The molecule has 2 heterocycles. The normalized spacial score (nSPS) is 18.0. The Morgan fingerprint density at radius 3 is 2.79 bits per heavy atom. The van der Waals surface area contributed by atoms with Gasteiger partial charge >= 0.3 is 0 Å². The molecule has 6 heteroatoms. The summed E-state index contributed by atoms with van der Waals surface area (Å²) < 4.78 is 0. The molecule has 1 amide bonds. The molecule has 1 aliphatic rings. The summed E-state index contributed by atoms with van der Waals surface area (Å²) >= 11 is 0. The summed E-state index contributed by atoms with van der Waals surface area (Å²) in [6.45, 7) is 4.94. The van der Waals surface area contributed by atoms with Gasteiger partial charge in [-0.1, -0.05) is 6.07 Å². The molecule has 2 aromatic rings. The number of aromatic nitrogens is 1. The van der Waals surface area contributed by atoms with Crippen LogP contribution in [0, 0.1) is 0 Å². The number of carbonyl (C=O) groups excluding carboxylic acids is 1. The van der Waals surface area contributed by atoms with E-state index in [0.29, 0.717) is 18.7 Å². The molecule has 1 fully saturated rings. The van der Waals surface area contributed by atoms with Gasteiger partial charge in [0.1, 0.15) is 0 Å². The molecular weight excluding hydrogens is 304 g/mol. The standard InChI is InChI=1S/C18H26N4O2/c1-20-7-9-22(10-8-20)13-16(23)12-21(2)18(24)15-4-3-14-5-6-19-17(14)11-15/h3-6,11,16,19,23H,7-10,12-13H2,1-2H3. The number of nitrogens with one attached hydrogen (secondary N) is 1. The molecule has 0 aliphatic carbocycles. The second kappa shape index (κ2) is 7.34. The fourth-order valence-corrected chi connectivity index (χ4v) is 3.19. The van der Waals surface area contributed by atoms with Crippen molar-refractivity contribution in [2.45, 2.75) is 6.10 Å². The van der Waals surface area contributed by atoms with Crippen LogP contribution in [-0.2, 0) is 0 Å². The van der Waals surface area contributed by atoms with Gasteiger partial charge in [0.2, 0.25) is 0 Å². The number of aliphatic hydroxyl groups excluding tert-OH is 1. The van der Waals surface area contributed by atoms with Crippen LogP contribution in [0.5, 0.6) is 0 Å². The molecule has 0 saturated carbocycles. The van der Waals surface area contributed by atoms with Crippen LogP contribution in [0.25, 0.3) is 10.9 Å². The number of H-pyrrole nitrogens is 1. The van der Waals surface area contributed by atoms with E-state index in [1.165, 1.54) is 0 Å². The number of benzene rings is 1. The van der Waals surface area contributed by atoms with Crippen molar-refractivity contribution in [1.29, 1.82) is 0 Å². The van der Waals surface area contributed by atoms with Crippen LogP contribution in [0.15, 0.2) is 30.5 Å². The lowest BCUT2D eigenvalue weighted by molar-refractivity contribution is 0.0502. The molecule has 130 valence electrons. The van der Waals surface area contributed by atoms with Gasteiger partial charge in [-0.05, 0) is 30.6 Å². The van der Waals surface area contributed by atoms with Crippen molar-refractivity contribution in [3.05, 3.63) is 36.0 Å². The highest BCUT2D eigenvalue weighted by Gasteiger charge is 2.20. The number of aromatic amines is 1. The molecule has 0 radical (unpaired) electrons. The summed E-state index contributed by atoms with van der Waals surface area (Å²) in [6, 6.07) is 7.61. The predicted octanol–water partition coefficient (Wildman–Crippen LogP) is 0.848. The molecule has 1 aliphatic heterocycles. The lowest BCUT2D eigenvalue weighted by Crippen LogP contribution is -2.49. The molecule has 2 N–H and O–H groups in total. The molecular formula is C18H26N4O2. The Labute approximate surface area is 142 Å². The van der Waals surface area contributed by atoms with Gasteiger partial charge in [-0.3, -0.25) is 9.69 Å². The third-order valence-corrected chi connectivity index (χ3v) is 4.70. The Balaban J connectivity index is 1.55. The maximum atomic E-state index is 12.6. The number of hydrogen-bond donors (Lipinski definition) is 2. The Hall–Kier alpha value is -1.89. The summed E-state index contributed by atoms with van der Waals surface area (Å²) in [6.07, 6.45) is 1.33. The molecule has 1 unspecified atom stereocenters. The first kappa shape index (κ1) is 17.0. The number of β-amino-alcohol motifs (C(OH)–C–C–N with tert-alkyl or cyclic N) is 1. The second-order valence-electron chi connectivity index (χ2n) is 6.72. The molecule has 1 aromatic carbocycles. The highest BCUT2D eigenvalue weighted by molar-refractivity contribution is 5.97. The Kier molecular flexibility index (Phi) is 5.18. The summed E-state index contributed by atoms with van der Waals surface area (Å²) in [5.74, 6) is -0.0658. The molecule has 1 saturated heterocycles. The van der Waals surface area contributed by atoms with Gasteiger partial charge < -0.3 is 19.9 Å². The minimum Gasteiger partial charge on any atom is -0.390 e. The largest absolute Gasteiger partial charge is 0.390 e. The maximum absolute atomic E-state index is 12.6. The minimum atomic E-state index is -0.531. The van der Waals surface area contributed by atoms with Crippen molar-refractivity contribution in [2.75, 3.05) is 53.4 Å². The highest BCUT2D eigenvalue weighted by Crippen LogP contribution is 2.15. The monoisotopic (exact) mass is 330 g/mol. The van der Waals surface area contributed by atoms with Crippen LogP contribution in [0.4, 0.5) is 0 Å². The number of carbonyl (C=O) groups is 1. The zero-order valence-corrected chi connectivity index (χ0v) is 14.4. The van der Waals surface area contributed by atoms with E-state index in [-0.39, 0.29) is 5.91 Å². The number of piperazine rings is 1. The number of amides is 1. The van der Waals surface area contributed by atoms with Crippen molar-refractivity contribution < 1.29 is 9.90 Å². The van der Waals surface area contributed by atoms with E-state index in [1.54, 1.807) is 11.9 Å². The SMILES string of the molecule is CN1CCN(CC(O)CN(C)C(=O)c2ccc3cc[nH]c3c2)CC1. The van der Waals surface area contributed by atoms with Crippen molar-refractivity contribution in [3.63, 3.8) is 0 Å². The zero-order valence-electron chi connectivity index (χ0n) is 14.4. The van der Waals surface area contributed by atoms with Crippen LogP contribution < -0.4 is 0 Å². The van der Waals surface area contributed by atoms with E-state index in [1.807, 2.05) is 30.5 Å². The summed E-state index contributed by atoms with van der Waals surface area (Å²) in [5.41, 5.74) is 1.59. The lowest BCUT2D eigenvalue weighted by atomic mass is 10.1. The average Bonchev–Trinajstić information content (AvgIpc) is 3.03. The van der Waals surface area contributed by atoms with Gasteiger partial charge in [0, 0.05) is 63.6 Å². The quantitative estimate of drug-likeness (QED) is 0.853. The molecule has 3 rings (SSSR count). The topological polar surface area (TPSA) is 62.8 Å². The van der Waals surface area contributed by atoms with E-state index in [4.69, 9.17) is 0 Å². The van der Waals surface area contributed by atoms with Crippen LogP contribution in [0.3, 0.4) is 0 Å². The molecule has 1 atom stereocenters. The van der Waals surface area contributed by atoms with E-state index >= 15 is 0 Å². The molecule has 0 bridgehead atoms. The number of hydrogen-bond acceptors (Lipinski definition) is 4. The van der Waals surface area contributed by atoms with Crippen molar-refractivity contribution in [2.24, 2.45) is 0 Å². The Morgan fingerprint density at radius 1 is 1.29 bits per heavy atom. The van der Waals surface area contributed by atoms with Crippen molar-refractivity contribution in [1.82, 2.24) is 19.7 Å². The number of likely N-dealkylation sites (N-methyl/N-ethyl adjacent to an activating group) is 2. The molecule has 1 aromatic heterocycles. The highest BCUT2D eigenvalue weighted by atomic mass is 16.3. The van der Waals surface area contributed by atoms with Gasteiger partial charge in [-0.15, -0.1) is 0 Å². The first-order chi connectivity index (χ1) is 11.5. The zero-order chi connectivity index (χ0) is 17.1. The number of aliphatic hydroxyl groups is 1. The lowest BCUT2D eigenvalue weighted by Gasteiger charge is -2.34. The van der Waals surface area contributed by atoms with E-state index in [0.717, 1.165) is 37.1 Å². The third kappa shape index (κ3) is 3.95. The Morgan fingerprint density at radius 2 is 2.04 bits per heavy atom. The molecule has 24 heavy (non-hydrogen) atoms. The smallest absolute Gasteiger partial charge is 0.253 e. The van der Waals surface area contributed by atoms with Gasteiger partial charge in [-0.2, -0.15) is 0 Å². The second-order valence-corrected chi connectivity index (χ2v) is 6.72. The van der Waals surface area contributed by atoms with Crippen LogP contribution >= 0.6 is 0 Å². The van der Waals surface area contributed by atoms with Gasteiger partial charge in [0.25, 0.3) is 5.91 Å². The van der Waals surface area contributed by atoms with E-state index in [2.05, 4.69) is 21.8 Å². The first-order valence-electron chi connectivity index (χ1n) is 8.44. The minimum absolute atomic E-state index is 0.0658. The van der Waals surface area contributed by atoms with Crippen LogP contribution in [-0.4, -0.2) is 90.2 Å². The Bertz CT molecular complexity index is 691. The van der Waals surface area contributed by atoms with Crippen LogP contribution in [0.2, 0.25) is 0 Å². The number of nitrogens with zero attached hydrogens (tertiary/aromatic N) is 3. The van der Waals surface area contributed by atoms with Crippen molar-refractivity contribution in [3.8, 4) is 0 Å². The summed E-state index contributed by atoms with van der Waals surface area (Å²) in [4.78, 5) is 21.8. The predicted molar refractivity (Wildman–Crippen MR) is 95.2 cm³/mol. The third-order valence-electron chi connectivity index (χ3n) is 4.70. The maximum Gasteiger partial charge on any atom is 0.253 e. The average molecular weight is 330 g/mol. The fourth-order valence-electron chi connectivity index (χ4n) is 3.19. The van der Waals surface area contributed by atoms with Crippen molar-refractivity contribution >= 4 is 16.8 Å². The molecule has 0 spiro atoms. The fraction of sp³-hybridized carbons (Fsp3) is 0.500. The van der Waals surface area contributed by atoms with Gasteiger partial charge in [0.15, 0.2) is 0 Å². The van der Waals surface area contributed by atoms with E-state index in [9.17, 15) is 9.90 Å². The van der Waals surface area contributed by atoms with E-state index < -0.39 is 6.10 Å². The van der Waals surface area contributed by atoms with Crippen LogP contribution in [0.1, 0.15) is 10.4 Å².